The number of carbonyl (C=O) groups excluding carboxylic acids is 12. The van der Waals surface area contributed by atoms with E-state index in [4.69, 9.17) is 16.2 Å². The van der Waals surface area contributed by atoms with Gasteiger partial charge in [0.2, 0.25) is 65.0 Å². The number of esters is 1. The Bertz CT molecular complexity index is 2890. The second-order valence-electron chi connectivity index (χ2n) is 22.0. The van der Waals surface area contributed by atoms with Gasteiger partial charge in [-0.05, 0) is 107 Å². The van der Waals surface area contributed by atoms with Crippen LogP contribution in [-0.2, 0) is 80.0 Å². The van der Waals surface area contributed by atoms with Gasteiger partial charge in [0, 0.05) is 45.6 Å². The fourth-order valence-corrected chi connectivity index (χ4v) is 9.72. The summed E-state index contributed by atoms with van der Waals surface area (Å²) in [5, 5.41) is 62.3. The summed E-state index contributed by atoms with van der Waals surface area (Å²) >= 11 is 0. The summed E-state index contributed by atoms with van der Waals surface area (Å²) in [6.45, 7) is 6.76. The zero-order valence-corrected chi connectivity index (χ0v) is 50.2. The average molecular weight is 1250 g/mol. The van der Waals surface area contributed by atoms with E-state index < -0.39 is 187 Å². The van der Waals surface area contributed by atoms with Crippen molar-refractivity contribution in [3.63, 3.8) is 0 Å². The van der Waals surface area contributed by atoms with E-state index in [1.54, 1.807) is 13.8 Å². The number of hydrogen-bond acceptors (Lipinski definition) is 18. The Balaban J connectivity index is 1.85. The van der Waals surface area contributed by atoms with Crippen molar-refractivity contribution < 1.29 is 92.3 Å². The third-order valence-corrected chi connectivity index (χ3v) is 14.9. The van der Waals surface area contributed by atoms with Crippen LogP contribution in [0, 0.1) is 5.92 Å². The molecule has 2 bridgehead atoms. The number of ether oxygens (including phenoxy) is 1. The van der Waals surface area contributed by atoms with Crippen molar-refractivity contribution in [3.8, 4) is 11.5 Å². The van der Waals surface area contributed by atoms with E-state index >= 15 is 0 Å². The molecule has 0 spiro atoms. The maximum absolute atomic E-state index is 14.6. The van der Waals surface area contributed by atoms with E-state index in [-0.39, 0.29) is 75.1 Å². The van der Waals surface area contributed by atoms with Gasteiger partial charge >= 0.3 is 17.9 Å². The Labute approximate surface area is 512 Å². The number of aromatic hydroxyl groups is 1. The number of carbonyl (C=O) groups is 14. The molecule has 0 aromatic heterocycles. The fourth-order valence-electron chi connectivity index (χ4n) is 9.72. The average Bonchev–Trinajstić information content (AvgIpc) is 2.31. The number of nitrogens with two attached hydrogens (primary N) is 2. The number of aliphatic hydroxyl groups excluding tert-OH is 1. The van der Waals surface area contributed by atoms with Crippen LogP contribution in [0.2, 0.25) is 0 Å². The van der Waals surface area contributed by atoms with E-state index in [0.717, 1.165) is 18.7 Å². The zero-order chi connectivity index (χ0) is 66.2. The molecule has 488 valence electrons. The van der Waals surface area contributed by atoms with Crippen LogP contribution in [-0.4, -0.2) is 188 Å². The minimum Gasteiger partial charge on any atom is -0.508 e. The first kappa shape index (κ1) is 72.2. The van der Waals surface area contributed by atoms with Gasteiger partial charge < -0.3 is 89.4 Å². The Morgan fingerprint density at radius 3 is 1.85 bits per heavy atom. The second kappa shape index (κ2) is 34.9. The predicted octanol–water partition coefficient (Wildman–Crippen LogP) is -3.35. The van der Waals surface area contributed by atoms with Gasteiger partial charge in [-0.15, -0.1) is 0 Å². The highest BCUT2D eigenvalue weighted by atomic mass is 16.5. The molecular weight excluding hydrogens is 1170 g/mol. The summed E-state index contributed by atoms with van der Waals surface area (Å²) in [6.07, 6.45) is -5.01. The van der Waals surface area contributed by atoms with E-state index in [0.29, 0.717) is 12.0 Å². The number of primary amides is 1. The van der Waals surface area contributed by atoms with Gasteiger partial charge in [-0.1, -0.05) is 44.5 Å². The zero-order valence-electron chi connectivity index (χ0n) is 50.2. The minimum atomic E-state index is -1.96. The Morgan fingerprint density at radius 2 is 1.27 bits per heavy atom. The van der Waals surface area contributed by atoms with Gasteiger partial charge in [0.05, 0.1) is 6.10 Å². The van der Waals surface area contributed by atoms with Gasteiger partial charge in [0.1, 0.15) is 71.9 Å². The van der Waals surface area contributed by atoms with E-state index in [9.17, 15) is 87.5 Å². The van der Waals surface area contributed by atoms with Crippen molar-refractivity contribution in [2.24, 2.45) is 17.4 Å². The summed E-state index contributed by atoms with van der Waals surface area (Å²) in [4.78, 5) is 191. The number of carboxylic acid groups (broad SMARTS) is 2. The number of benzene rings is 2. The molecule has 2 aromatic carbocycles. The van der Waals surface area contributed by atoms with Crippen molar-refractivity contribution in [3.05, 3.63) is 59.7 Å². The molecule has 0 aliphatic carbocycles. The molecule has 3 heterocycles. The molecule has 17 N–H and O–H groups in total. The summed E-state index contributed by atoms with van der Waals surface area (Å²) in [5.41, 5.74) is 11.9. The van der Waals surface area contributed by atoms with Crippen molar-refractivity contribution in [1.82, 2.24) is 52.8 Å². The summed E-state index contributed by atoms with van der Waals surface area (Å²) in [7, 11) is 0. The van der Waals surface area contributed by atoms with Crippen molar-refractivity contribution >= 4 is 82.9 Å². The Hall–Kier alpha value is -9.26. The molecule has 3 aliphatic heterocycles. The second-order valence-corrected chi connectivity index (χ2v) is 22.0. The molecule has 12 atom stereocenters. The van der Waals surface area contributed by atoms with Gasteiger partial charge in [0.25, 0.3) is 0 Å². The molecule has 3 aliphatic rings. The van der Waals surface area contributed by atoms with Crippen molar-refractivity contribution in [1.29, 1.82) is 0 Å². The first-order valence-electron chi connectivity index (χ1n) is 29.2. The first-order valence-corrected chi connectivity index (χ1v) is 29.2. The standard InChI is InChI=1S/C58H82N12O19/c1-6-29(2)47-58(88)89-36-17-13-34(14-18-36)28-42(66-50(80)37(9-7-25-59)63-51(81)38(62-32(5)72)20-23-45(75)76)54(84)69-48(31(4)71)56(86)65-40(21-24-46(77)78)49(79)61-30(3)57(87)70-26-8-10-43(70)55(85)64-39(19-22-44(60)74)52(82)67-41(53(83)68-47)27-33-11-15-35(73)16-12-33/h11-18,29-31,37-43,47-48,71,73H,6-10,19-28,59H2,1-5H3,(H2,60,74)(H,61,79)(H,62,72)(H,63,81)(H,64,85)(H,65,86)(H,66,80)(H,67,82)(H,68,83)(H,69,84)(H,75,76)(H,77,78)/t29?,30-,31-,37+,38+,39-,40-,41-,42+,43+,47?,48-/m1/s1. The lowest BCUT2D eigenvalue weighted by atomic mass is 9.97. The molecule has 5 rings (SSSR count). The third kappa shape index (κ3) is 23.1. The maximum atomic E-state index is 14.6. The van der Waals surface area contributed by atoms with Gasteiger partial charge in [-0.3, -0.25) is 62.3 Å². The number of nitrogens with zero attached hydrogens (tertiary/aromatic N) is 1. The molecule has 0 saturated carbocycles. The molecule has 1 fully saturated rings. The normalized spacial score (nSPS) is 23.2. The molecule has 2 unspecified atom stereocenters. The molecule has 0 radical (unpaired) electrons. The molecule has 2 aromatic rings. The predicted molar refractivity (Wildman–Crippen MR) is 313 cm³/mol. The summed E-state index contributed by atoms with van der Waals surface area (Å²) < 4.78 is 5.77. The van der Waals surface area contributed by atoms with Crippen LogP contribution in [0.5, 0.6) is 11.5 Å². The Kier molecular flexibility index (Phi) is 28.3. The number of amides is 11. The van der Waals surface area contributed by atoms with Gasteiger partial charge in [-0.25, -0.2) is 4.79 Å². The molecule has 1 saturated heterocycles. The highest BCUT2D eigenvalue weighted by Gasteiger charge is 2.41. The van der Waals surface area contributed by atoms with E-state index in [1.807, 2.05) is 0 Å². The molecule has 31 heteroatoms. The van der Waals surface area contributed by atoms with Crippen LogP contribution in [0.3, 0.4) is 0 Å². The number of carboxylic acids is 2. The third-order valence-electron chi connectivity index (χ3n) is 14.9. The highest BCUT2D eigenvalue weighted by Crippen LogP contribution is 2.22. The number of hydrogen-bond donors (Lipinski definition) is 15. The van der Waals surface area contributed by atoms with E-state index in [2.05, 4.69) is 47.9 Å². The smallest absolute Gasteiger partial charge is 0.334 e. The van der Waals surface area contributed by atoms with Crippen LogP contribution in [0.4, 0.5) is 0 Å². The number of fused-ring (bicyclic) bond motifs is 23. The lowest BCUT2D eigenvalue weighted by Gasteiger charge is -2.30. The van der Waals surface area contributed by atoms with Crippen LogP contribution in [0.1, 0.15) is 116 Å². The summed E-state index contributed by atoms with van der Waals surface area (Å²) in [5.74, 6) is -15.1. The number of phenolic OH excluding ortho intramolecular Hbond substituents is 1. The molecule has 31 nitrogen and oxygen atoms in total. The fraction of sp³-hybridized carbons (Fsp3) is 0.552. The van der Waals surface area contributed by atoms with Crippen molar-refractivity contribution in [2.45, 2.75) is 185 Å². The number of aliphatic carboxylic acids is 2. The van der Waals surface area contributed by atoms with Gasteiger partial charge in [-0.2, -0.15) is 0 Å². The van der Waals surface area contributed by atoms with Crippen LogP contribution >= 0.6 is 0 Å². The lowest BCUT2D eigenvalue weighted by Crippen LogP contribution is -2.62. The van der Waals surface area contributed by atoms with Gasteiger partial charge in [0.15, 0.2) is 0 Å². The highest BCUT2D eigenvalue weighted by molar-refractivity contribution is 5.99. The summed E-state index contributed by atoms with van der Waals surface area (Å²) in [6, 6.07) is -4.58. The first-order chi connectivity index (χ1) is 42.0. The monoisotopic (exact) mass is 1250 g/mol. The van der Waals surface area contributed by atoms with Crippen LogP contribution in [0.15, 0.2) is 48.5 Å². The van der Waals surface area contributed by atoms with Crippen LogP contribution in [0.25, 0.3) is 0 Å². The molecule has 11 amide bonds. The number of aliphatic hydroxyl groups is 1. The quantitative estimate of drug-likeness (QED) is 0.0311. The minimum absolute atomic E-state index is 0.00353. The largest absolute Gasteiger partial charge is 0.508 e. The Morgan fingerprint density at radius 1 is 0.697 bits per heavy atom. The lowest BCUT2D eigenvalue weighted by molar-refractivity contribution is -0.143. The molecular formula is C58H82N12O19. The number of rotatable bonds is 22. The van der Waals surface area contributed by atoms with E-state index in [1.165, 1.54) is 55.5 Å². The topological polar surface area (TPSA) is 493 Å². The maximum Gasteiger partial charge on any atom is 0.334 e. The number of nitrogens with one attached hydrogen (secondary N) is 9. The molecule has 89 heavy (non-hydrogen) atoms. The van der Waals surface area contributed by atoms with Crippen molar-refractivity contribution in [2.75, 3.05) is 13.1 Å². The number of phenols is 1. The SMILES string of the molecule is CCC(C)C1NC(=O)[C@@H](Cc2ccc(O)cc2)NC(=O)[C@@H](CCC(N)=O)NC(=O)[C@@H]2CCCN2C(=O)[C@@H](C)NC(=O)[C@@H](CCC(=O)O)NC(=O)[C@@H]([C@@H](C)O)NC(=O)[C@@H](NC(=O)[C@H](CCCN)NC(=O)[C@H](CCC(=O)O)NC(C)=O)Cc2ccc(cc2)OC1=O. The van der Waals surface area contributed by atoms with Crippen LogP contribution < -0.4 is 64.1 Å².